The Morgan fingerprint density at radius 2 is 0.664 bits per heavy atom. The predicted molar refractivity (Wildman–Crippen MR) is 536 cm³/mol. The molecule has 0 spiro atoms. The Morgan fingerprint density at radius 3 is 1.08 bits per heavy atom. The van der Waals surface area contributed by atoms with E-state index in [1.165, 1.54) is 52.9 Å². The Kier molecular flexibility index (Phi) is 22.9. The van der Waals surface area contributed by atoms with Crippen molar-refractivity contribution in [2.75, 3.05) is 14.2 Å². The SMILES string of the molecule is BrBr.Brc1ccc2ccc3cccc4ccc1c2c34.COB(C)OC.O=C1CCC(=O)N1Br.OB(O)c1cccc2c1ccc1cc3ccccc3cc12.[2H]c1c([2H])c(-c2ccc3ccc4cccc5ccc2c3c45)c([2H])c([2H])c1Br.[2H]c1c([2H])c([2H])c(-c2ccc3ccc4cccc5ccc2c3c45)c([2H])c1[2H].[2H]c1c([2H])c([2H])c(B(O)O)c([2H])c1[2H].[2H]c1c([2H])c([2H])c(Br)c([2H])c1[2H].[2H]c1c([2H])c([2H])c([2H])c([2H])c1[2H].[Fe]. The third-order valence-electron chi connectivity index (χ3n) is 19.5. The van der Waals surface area contributed by atoms with Crippen LogP contribution in [0, 0.1) is 0 Å². The van der Waals surface area contributed by atoms with Crippen molar-refractivity contribution in [1.82, 2.24) is 3.93 Å². The number of nitrogens with zero attached hydrogens (tertiary/aromatic N) is 1. The van der Waals surface area contributed by atoms with E-state index in [1.54, 1.807) is 20.3 Å². The number of imide groups is 1. The Morgan fingerprint density at radius 1 is 0.328 bits per heavy atom. The Bertz CT molecular complexity index is 8020. The fraction of sp³-hybridized carbons (Fsp3) is 0.0485. The number of amides is 2. The normalized spacial score (nSPS) is 14.1. The van der Waals surface area contributed by atoms with Gasteiger partial charge in [-0.1, -0.05) is 387 Å². The van der Waals surface area contributed by atoms with E-state index in [9.17, 15) is 19.6 Å². The second kappa shape index (κ2) is 44.4. The van der Waals surface area contributed by atoms with Crippen LogP contribution in [-0.2, 0) is 36.0 Å². The van der Waals surface area contributed by atoms with Crippen LogP contribution in [-0.4, -0.2) is 71.4 Å². The van der Waals surface area contributed by atoms with Gasteiger partial charge in [0, 0.05) is 85.8 Å². The first kappa shape index (κ1) is 63.0. The molecule has 21 aromatic carbocycles. The summed E-state index contributed by atoms with van der Waals surface area (Å²) >= 11 is 18.0. The zero-order chi connectivity index (χ0) is 107. The number of hydrogen-bond acceptors (Lipinski definition) is 8. The van der Waals surface area contributed by atoms with Gasteiger partial charge >= 0.3 is 21.4 Å². The minimum absolute atomic E-state index is 0. The fourth-order valence-corrected chi connectivity index (χ4v) is 15.1. The van der Waals surface area contributed by atoms with E-state index in [0.29, 0.717) is 29.4 Å². The second-order valence-corrected chi connectivity index (χ2v) is 29.7. The zero-order valence-electron chi connectivity index (χ0n) is 89.6. The molecule has 21 aromatic rings. The van der Waals surface area contributed by atoms with Gasteiger partial charge in [0.05, 0.1) is 50.4 Å². The molecular weight excluding hydrogens is 1950 g/mol. The molecule has 19 heteroatoms. The molecule has 0 aliphatic carbocycles. The summed E-state index contributed by atoms with van der Waals surface area (Å²) in [6.07, 6.45) is 0.703. The molecule has 1 heterocycles. The number of benzene rings is 21. The Hall–Kier alpha value is -9.99. The van der Waals surface area contributed by atoms with Crippen LogP contribution < -0.4 is 10.9 Å². The van der Waals surface area contributed by atoms with Gasteiger partial charge in [0.2, 0.25) is 11.8 Å². The maximum Gasteiger partial charge on any atom is 0.489 e. The van der Waals surface area contributed by atoms with E-state index in [4.69, 9.17) is 44.3 Å². The zero-order valence-corrected chi connectivity index (χ0v) is 75.2. The molecule has 1 aliphatic rings. The quantitative estimate of drug-likeness (QED) is 0.0425. The minimum atomic E-state index is -2.07. The van der Waals surface area contributed by atoms with Crippen LogP contribution in [0.3, 0.4) is 0 Å². The van der Waals surface area contributed by atoms with Gasteiger partial charge in [-0.2, -0.15) is 0 Å². The van der Waals surface area contributed by atoms with Crippen molar-refractivity contribution in [1.29, 1.82) is 0 Å². The molecule has 1 fully saturated rings. The van der Waals surface area contributed by atoms with Gasteiger partial charge in [0.1, 0.15) is 0 Å². The summed E-state index contributed by atoms with van der Waals surface area (Å²) in [5.41, 5.74) is 2.02. The predicted octanol–water partition coefficient (Wildman–Crippen LogP) is 27.5. The number of hydrogen-bond donors (Lipinski definition) is 4. The van der Waals surface area contributed by atoms with Crippen molar-refractivity contribution in [2.24, 2.45) is 0 Å². The van der Waals surface area contributed by atoms with Gasteiger partial charge in [0.15, 0.2) is 0 Å². The van der Waals surface area contributed by atoms with Crippen LogP contribution in [0.4, 0.5) is 0 Å². The van der Waals surface area contributed by atoms with Crippen molar-refractivity contribution in [3.05, 3.63) is 395 Å². The molecule has 0 bridgehead atoms. The smallest absolute Gasteiger partial charge is 0.423 e. The molecule has 0 aromatic heterocycles. The molecule has 4 N–H and O–H groups in total. The summed E-state index contributed by atoms with van der Waals surface area (Å²) in [7, 11) is -0.372. The Labute approximate surface area is 804 Å². The van der Waals surface area contributed by atoms with Crippen LogP contribution in [0.5, 0.6) is 0 Å². The molecule has 0 unspecified atom stereocenters. The molecular formula is C103H80B3Br6FeNO8. The summed E-state index contributed by atoms with van der Waals surface area (Å²) in [6.45, 7) is 1.83. The van der Waals surface area contributed by atoms with Crippen LogP contribution in [0.2, 0.25) is 6.82 Å². The van der Waals surface area contributed by atoms with Gasteiger partial charge in [-0.3, -0.25) is 9.59 Å². The minimum Gasteiger partial charge on any atom is -0.423 e. The van der Waals surface area contributed by atoms with Crippen LogP contribution in [0.15, 0.2) is 395 Å². The number of carbonyl (C=O) groups excluding carboxylic acids is 2. The molecule has 0 atom stereocenters. The average molecular weight is 2050 g/mol. The van der Waals surface area contributed by atoms with Gasteiger partial charge in [0.25, 0.3) is 0 Å². The van der Waals surface area contributed by atoms with Gasteiger partial charge < -0.3 is 29.4 Å². The van der Waals surface area contributed by atoms with E-state index in [-0.39, 0.29) is 135 Å². The van der Waals surface area contributed by atoms with Crippen molar-refractivity contribution in [2.45, 2.75) is 19.7 Å². The number of halogens is 6. The summed E-state index contributed by atoms with van der Waals surface area (Å²) in [5, 5.41) is 64.3. The first-order valence-electron chi connectivity index (χ1n) is 49.5. The summed E-state index contributed by atoms with van der Waals surface area (Å²) in [5.74, 6) is -0.287. The largest absolute Gasteiger partial charge is 0.489 e. The van der Waals surface area contributed by atoms with E-state index >= 15 is 0 Å². The maximum absolute atomic E-state index is 10.4. The number of fused-ring (bicyclic) bond motifs is 4. The van der Waals surface area contributed by atoms with Crippen LogP contribution in [0.25, 0.3) is 152 Å². The third kappa shape index (κ3) is 22.0. The second-order valence-electron chi connectivity index (χ2n) is 26.5. The van der Waals surface area contributed by atoms with Gasteiger partial charge in [-0.25, -0.2) is 3.93 Å². The van der Waals surface area contributed by atoms with Gasteiger partial charge in [-0.05, 0) is 212 Å². The first-order valence-corrected chi connectivity index (χ1v) is 43.8. The molecule has 122 heavy (non-hydrogen) atoms. The molecule has 1 aliphatic heterocycles. The van der Waals surface area contributed by atoms with E-state index in [0.717, 1.165) is 90.3 Å². The molecule has 0 saturated carbocycles. The fourth-order valence-electron chi connectivity index (χ4n) is 13.9. The molecule has 22 rings (SSSR count). The monoisotopic (exact) mass is 2050 g/mol. The van der Waals surface area contributed by atoms with Gasteiger partial charge in [-0.15, -0.1) is 0 Å². The summed E-state index contributed by atoms with van der Waals surface area (Å²) < 4.78 is 200. The standard InChI is InChI=1S/C22H13Br.C22H14.C18H13BO2.C16H9Br.C6H7BO2.C6H5Br.C6H6.C4H4BrNO2.C3H9BO2.Br2.Fe/c23-18-10-6-14(7-11-18)19-12-8-17-5-4-15-2-1-3-16-9-13-20(19)22(17)21(15)16;1-2-5-15(6-3-1)19-13-11-18-10-9-16-7-4-8-17-12-14-20(19)22(18)21(16)17;20-19(21)18-7-3-6-15-16(18)9-8-14-10-12-4-1-2-5-13(12)11-17(14)15;17-14-9-7-12-5-4-10-2-1-3-11-6-8-13(14)16(12)15(10)11;8-7(9)6-4-2-1-3-5-6;7-6-4-2-1-3-5-6;1-2-4-6-5-3-1;5-6-3(7)1-2-4(6)8;1-4(5-2)6-3;1-2;/h1-13H;1-14H;1-11,20-21H;1-9H;1-5,8-9H;1-5H;1-6H;1-2H2;1-3H3;;/i6D,7D,10D,11D;1D,2D,3D,5D,6D;;;2*1D,2D,3D,4D,5D;1D,2D,3D,4D,5D,6D;;;;. The van der Waals surface area contributed by atoms with E-state index in [2.05, 4.69) is 235 Å². The van der Waals surface area contributed by atoms with Crippen LogP contribution in [0.1, 0.15) is 47.1 Å². The van der Waals surface area contributed by atoms with E-state index in [1.807, 2.05) is 97.8 Å². The molecule has 604 valence electrons. The summed E-state index contributed by atoms with van der Waals surface area (Å²) in [4.78, 5) is 20.9. The van der Waals surface area contributed by atoms with E-state index < -0.39 is 86.2 Å². The van der Waals surface area contributed by atoms with Crippen molar-refractivity contribution >= 4 is 266 Å². The first-order chi connectivity index (χ1) is 69.4. The van der Waals surface area contributed by atoms with Crippen LogP contribution >= 0.6 is 92.2 Å². The maximum atomic E-state index is 10.4. The van der Waals surface area contributed by atoms with Crippen molar-refractivity contribution in [3.63, 3.8) is 0 Å². The molecule has 0 radical (unpaired) electrons. The Balaban J connectivity index is 0.000000151. The molecule has 1 saturated heterocycles. The van der Waals surface area contributed by atoms with Crippen molar-refractivity contribution < 1.29 is 90.3 Å². The number of carbonyl (C=O) groups is 2. The third-order valence-corrected chi connectivity index (χ3v) is 21.8. The van der Waals surface area contributed by atoms with Crippen molar-refractivity contribution in [3.8, 4) is 22.3 Å². The summed E-state index contributed by atoms with van der Waals surface area (Å²) in [6, 6.07) is 69.9. The number of rotatable bonds is 6. The molecule has 2 amide bonds. The topological polar surface area (TPSA) is 137 Å². The average Bonchev–Trinajstić information content (AvgIpc) is 0.819. The molecule has 9 nitrogen and oxygen atoms in total.